The molecule has 0 unspecified atom stereocenters. The third-order valence-electron chi connectivity index (χ3n) is 5.20. The summed E-state index contributed by atoms with van der Waals surface area (Å²) in [5.74, 6) is -2.05. The lowest BCUT2D eigenvalue weighted by atomic mass is 10.1. The van der Waals surface area contributed by atoms with Crippen molar-refractivity contribution in [3.05, 3.63) is 9.93 Å². The summed E-state index contributed by atoms with van der Waals surface area (Å²) >= 11 is 2.34. The molecule has 146 valence electrons. The van der Waals surface area contributed by atoms with Gasteiger partial charge in [0.1, 0.15) is 5.37 Å². The molecule has 0 aromatic rings. The summed E-state index contributed by atoms with van der Waals surface area (Å²) in [7, 11) is -1.72. The van der Waals surface area contributed by atoms with Crippen LogP contribution in [0.15, 0.2) is 9.93 Å². The molecular formula is C16H26N2O5S2Si. The number of β-lactam (4-membered cyclic amide) rings is 1. The maximum atomic E-state index is 12.5. The maximum Gasteiger partial charge on any atom is 0.354 e. The minimum absolute atomic E-state index is 0.0738. The van der Waals surface area contributed by atoms with Gasteiger partial charge in [-0.2, -0.15) is 0 Å². The quantitative estimate of drug-likeness (QED) is 0.482. The molecule has 1 saturated heterocycles. The summed E-state index contributed by atoms with van der Waals surface area (Å²) in [5.41, 5.74) is 5.20. The predicted molar refractivity (Wildman–Crippen MR) is 106 cm³/mol. The number of thioether (sulfide) groups is 2. The fourth-order valence-electron chi connectivity index (χ4n) is 2.21. The number of aliphatic carboxylic acids is 1. The number of nitrogens with two attached hydrogens (primary N) is 1. The van der Waals surface area contributed by atoms with Crippen molar-refractivity contribution < 1.29 is 24.2 Å². The molecule has 26 heavy (non-hydrogen) atoms. The molecule has 2 amide bonds. The summed E-state index contributed by atoms with van der Waals surface area (Å²) < 4.78 is 6.38. The van der Waals surface area contributed by atoms with Crippen LogP contribution in [-0.2, 0) is 19.1 Å². The number of carboxylic acid groups (broad SMARTS) is 1. The Hall–Kier alpha value is -0.973. The second-order valence-corrected chi connectivity index (χ2v) is 16.5. The molecule has 0 radical (unpaired) electrons. The Morgan fingerprint density at radius 3 is 2.46 bits per heavy atom. The summed E-state index contributed by atoms with van der Waals surface area (Å²) in [6, 6.07) is 0. The first-order valence-electron chi connectivity index (χ1n) is 8.33. The van der Waals surface area contributed by atoms with Gasteiger partial charge in [-0.05, 0) is 12.0 Å². The highest BCUT2D eigenvalue weighted by Crippen LogP contribution is 2.52. The number of carboxylic acids is 1. The van der Waals surface area contributed by atoms with Crippen molar-refractivity contribution in [1.82, 2.24) is 4.90 Å². The third-order valence-corrected chi connectivity index (χ3v) is 12.8. The van der Waals surface area contributed by atoms with Crippen molar-refractivity contribution in [2.75, 3.05) is 6.23 Å². The lowest BCUT2D eigenvalue weighted by Crippen LogP contribution is -2.63. The number of nitrogens with zero attached hydrogens (tertiary/aromatic N) is 1. The zero-order valence-electron chi connectivity index (χ0n) is 15.9. The van der Waals surface area contributed by atoms with Gasteiger partial charge in [0.15, 0.2) is 11.8 Å². The van der Waals surface area contributed by atoms with E-state index in [2.05, 4.69) is 33.9 Å². The first-order chi connectivity index (χ1) is 11.8. The molecule has 2 heterocycles. The second kappa shape index (κ2) is 7.21. The molecule has 2 aliphatic rings. The molecule has 0 aliphatic carbocycles. The van der Waals surface area contributed by atoms with E-state index in [4.69, 9.17) is 10.5 Å². The number of amides is 2. The van der Waals surface area contributed by atoms with E-state index >= 15 is 0 Å². The summed E-state index contributed by atoms with van der Waals surface area (Å²) in [4.78, 5) is 36.7. The van der Waals surface area contributed by atoms with E-state index < -0.39 is 31.3 Å². The second-order valence-electron chi connectivity index (χ2n) is 8.19. The molecule has 0 aromatic heterocycles. The van der Waals surface area contributed by atoms with Gasteiger partial charge in [-0.15, -0.1) is 11.8 Å². The average Bonchev–Trinajstić information content (AvgIpc) is 2.81. The lowest BCUT2D eigenvalue weighted by Gasteiger charge is -2.44. The molecule has 7 nitrogen and oxygen atoms in total. The van der Waals surface area contributed by atoms with Crippen molar-refractivity contribution in [2.45, 2.75) is 62.6 Å². The van der Waals surface area contributed by atoms with Gasteiger partial charge in [-0.25, -0.2) is 4.79 Å². The van der Waals surface area contributed by atoms with Crippen LogP contribution in [0.5, 0.6) is 0 Å². The number of carbonyl (C=O) groups is 3. The first-order valence-corrected chi connectivity index (χ1v) is 13.3. The van der Waals surface area contributed by atoms with E-state index in [0.29, 0.717) is 10.5 Å². The van der Waals surface area contributed by atoms with Gasteiger partial charge in [-0.1, -0.05) is 45.6 Å². The zero-order valence-corrected chi connectivity index (χ0v) is 18.5. The van der Waals surface area contributed by atoms with Gasteiger partial charge in [0.05, 0.1) is 17.6 Å². The van der Waals surface area contributed by atoms with Gasteiger partial charge in [0.25, 0.3) is 5.91 Å². The van der Waals surface area contributed by atoms with Crippen molar-refractivity contribution in [1.29, 1.82) is 0 Å². The Morgan fingerprint density at radius 1 is 1.42 bits per heavy atom. The minimum atomic E-state index is -1.72. The number of ether oxygens (including phenoxy) is 1. The average molecular weight is 419 g/mol. The van der Waals surface area contributed by atoms with Crippen LogP contribution in [0, 0.1) is 0 Å². The summed E-state index contributed by atoms with van der Waals surface area (Å²) in [6.07, 6.45) is -0.120. The van der Waals surface area contributed by atoms with E-state index in [1.165, 1.54) is 16.7 Å². The van der Waals surface area contributed by atoms with Crippen molar-refractivity contribution in [2.24, 2.45) is 5.73 Å². The van der Waals surface area contributed by atoms with Gasteiger partial charge in [0, 0.05) is 6.23 Å². The number of hydrogen-bond acceptors (Lipinski definition) is 6. The summed E-state index contributed by atoms with van der Waals surface area (Å²) in [6.45, 7) is 12.6. The number of rotatable bonds is 7. The van der Waals surface area contributed by atoms with E-state index in [1.54, 1.807) is 6.92 Å². The standard InChI is InChI=1S/C16H26N2O5S2Si/c1-8(11(17)19)24-15-9(14(21)22)18-12(20)10(13(18)25-15)23-7-26(5,6)16(2,3)4/h8,10,13H,7H2,1-6H3,(H2,17,19)(H,21,22)/t8-,10+,13-/m1/s1. The molecule has 0 bridgehead atoms. The molecule has 2 aliphatic heterocycles. The third kappa shape index (κ3) is 3.83. The number of carbonyl (C=O) groups excluding carboxylic acids is 2. The van der Waals surface area contributed by atoms with Crippen molar-refractivity contribution in [3.63, 3.8) is 0 Å². The molecule has 0 spiro atoms. The lowest BCUT2D eigenvalue weighted by molar-refractivity contribution is -0.162. The van der Waals surface area contributed by atoms with E-state index in [1.807, 2.05) is 0 Å². The molecular weight excluding hydrogens is 392 g/mol. The smallest absolute Gasteiger partial charge is 0.354 e. The van der Waals surface area contributed by atoms with Crippen LogP contribution in [0.2, 0.25) is 18.1 Å². The fraction of sp³-hybridized carbons (Fsp3) is 0.688. The fourth-order valence-corrected chi connectivity index (χ4v) is 6.08. The molecule has 0 saturated carbocycles. The predicted octanol–water partition coefficient (Wildman–Crippen LogP) is 2.20. The van der Waals surface area contributed by atoms with E-state index in [9.17, 15) is 19.5 Å². The highest BCUT2D eigenvalue weighted by atomic mass is 32.2. The molecule has 10 heteroatoms. The Labute approximate surface area is 163 Å². The highest BCUT2D eigenvalue weighted by Gasteiger charge is 2.57. The largest absolute Gasteiger partial charge is 0.477 e. The van der Waals surface area contributed by atoms with E-state index in [-0.39, 0.29) is 22.0 Å². The number of fused-ring (bicyclic) bond motifs is 1. The van der Waals surface area contributed by atoms with Gasteiger partial charge < -0.3 is 15.6 Å². The summed E-state index contributed by atoms with van der Waals surface area (Å²) in [5, 5.41) is 8.66. The number of hydrogen-bond donors (Lipinski definition) is 2. The minimum Gasteiger partial charge on any atom is -0.477 e. The van der Waals surface area contributed by atoms with Gasteiger partial charge >= 0.3 is 5.97 Å². The normalized spacial score (nSPS) is 24.4. The topological polar surface area (TPSA) is 110 Å². The van der Waals surface area contributed by atoms with Crippen LogP contribution in [0.4, 0.5) is 0 Å². The van der Waals surface area contributed by atoms with Crippen LogP contribution < -0.4 is 5.73 Å². The van der Waals surface area contributed by atoms with Crippen LogP contribution in [0.1, 0.15) is 27.7 Å². The monoisotopic (exact) mass is 418 g/mol. The van der Waals surface area contributed by atoms with Gasteiger partial charge in [-0.3, -0.25) is 14.5 Å². The maximum absolute atomic E-state index is 12.5. The Morgan fingerprint density at radius 2 is 2.00 bits per heavy atom. The molecule has 3 atom stereocenters. The Bertz CT molecular complexity index is 674. The van der Waals surface area contributed by atoms with Crippen LogP contribution >= 0.6 is 23.5 Å². The van der Waals surface area contributed by atoms with Crippen LogP contribution in [-0.4, -0.2) is 58.8 Å². The molecule has 1 fully saturated rings. The zero-order chi connectivity index (χ0) is 20.0. The van der Waals surface area contributed by atoms with Crippen molar-refractivity contribution in [3.8, 4) is 0 Å². The van der Waals surface area contributed by atoms with Crippen LogP contribution in [0.25, 0.3) is 0 Å². The molecule has 2 rings (SSSR count). The Kier molecular flexibility index (Phi) is 5.92. The van der Waals surface area contributed by atoms with E-state index in [0.717, 1.165) is 11.8 Å². The van der Waals surface area contributed by atoms with Crippen LogP contribution in [0.3, 0.4) is 0 Å². The Balaban J connectivity index is 2.11. The number of primary amides is 1. The SMILES string of the molecule is C[C@@H](SC1=C(C(=O)O)N2C(=O)[C@H](OC[Si](C)(C)C(C)(C)C)[C@H]2S1)C(N)=O. The highest BCUT2D eigenvalue weighted by molar-refractivity contribution is 8.23. The van der Waals surface area contributed by atoms with Gasteiger partial charge in [0.2, 0.25) is 5.91 Å². The first kappa shape index (κ1) is 21.3. The molecule has 0 aromatic carbocycles. The molecule has 3 N–H and O–H groups in total. The van der Waals surface area contributed by atoms with Crippen molar-refractivity contribution >= 4 is 49.4 Å².